The summed E-state index contributed by atoms with van der Waals surface area (Å²) < 4.78 is 7.62. The lowest BCUT2D eigenvalue weighted by atomic mass is 10.1. The predicted octanol–water partition coefficient (Wildman–Crippen LogP) is 3.04. The van der Waals surface area contributed by atoms with Gasteiger partial charge in [-0.15, -0.1) is 0 Å². The van der Waals surface area contributed by atoms with Gasteiger partial charge in [-0.2, -0.15) is 0 Å². The molecule has 98 valence electrons. The monoisotopic (exact) mass is 256 g/mol. The second-order valence-electron chi connectivity index (χ2n) is 4.70. The van der Waals surface area contributed by atoms with Crippen molar-refractivity contribution in [1.82, 2.24) is 9.55 Å². The van der Waals surface area contributed by atoms with E-state index in [0.29, 0.717) is 5.76 Å². The number of imidazole rings is 1. The first-order valence-electron chi connectivity index (χ1n) is 6.37. The average molecular weight is 256 g/mol. The molecule has 0 bridgehead atoms. The van der Waals surface area contributed by atoms with Crippen molar-refractivity contribution in [1.29, 1.82) is 0 Å². The van der Waals surface area contributed by atoms with E-state index in [4.69, 9.17) is 4.42 Å². The van der Waals surface area contributed by atoms with E-state index in [1.54, 1.807) is 12.5 Å². The standard InChI is InChI=1S/C15H16N2O2/c1-3-17-9-16-8-12(17)15(18)14-7-11-6-10(2)4-5-13(11)19-14/h4-9,15,18H,3H2,1-2H3. The maximum absolute atomic E-state index is 10.4. The Morgan fingerprint density at radius 1 is 1.37 bits per heavy atom. The van der Waals surface area contributed by atoms with E-state index in [1.807, 2.05) is 42.7 Å². The fourth-order valence-electron chi connectivity index (χ4n) is 2.29. The van der Waals surface area contributed by atoms with Crippen LogP contribution in [0, 0.1) is 6.92 Å². The third-order valence-corrected chi connectivity index (χ3v) is 3.33. The van der Waals surface area contributed by atoms with Crippen LogP contribution in [0.4, 0.5) is 0 Å². The summed E-state index contributed by atoms with van der Waals surface area (Å²) in [7, 11) is 0. The van der Waals surface area contributed by atoms with Crippen LogP contribution in [0.1, 0.15) is 30.0 Å². The molecule has 0 aliphatic heterocycles. The molecule has 1 unspecified atom stereocenters. The van der Waals surface area contributed by atoms with Gasteiger partial charge in [0.15, 0.2) is 6.10 Å². The Hall–Kier alpha value is -2.07. The molecule has 3 aromatic rings. The Kier molecular flexibility index (Phi) is 2.87. The fraction of sp³-hybridized carbons (Fsp3) is 0.267. The summed E-state index contributed by atoms with van der Waals surface area (Å²) in [6.07, 6.45) is 2.60. The first-order valence-corrected chi connectivity index (χ1v) is 6.37. The number of benzene rings is 1. The molecular formula is C15H16N2O2. The van der Waals surface area contributed by atoms with Crippen LogP contribution >= 0.6 is 0 Å². The van der Waals surface area contributed by atoms with Crippen LogP contribution in [0.5, 0.6) is 0 Å². The minimum absolute atomic E-state index is 0.552. The lowest BCUT2D eigenvalue weighted by Crippen LogP contribution is -2.06. The minimum atomic E-state index is -0.782. The Labute approximate surface area is 111 Å². The second-order valence-corrected chi connectivity index (χ2v) is 4.70. The number of nitrogens with zero attached hydrogens (tertiary/aromatic N) is 2. The number of furan rings is 1. The zero-order valence-electron chi connectivity index (χ0n) is 11.0. The molecule has 0 aliphatic rings. The number of hydrogen-bond acceptors (Lipinski definition) is 3. The number of hydrogen-bond donors (Lipinski definition) is 1. The molecule has 1 aromatic carbocycles. The molecule has 0 fully saturated rings. The van der Waals surface area contributed by atoms with Crippen LogP contribution in [-0.4, -0.2) is 14.7 Å². The highest BCUT2D eigenvalue weighted by molar-refractivity contribution is 5.78. The van der Waals surface area contributed by atoms with Crippen molar-refractivity contribution < 1.29 is 9.52 Å². The van der Waals surface area contributed by atoms with Crippen molar-refractivity contribution in [3.05, 3.63) is 53.8 Å². The molecule has 1 N–H and O–H groups in total. The van der Waals surface area contributed by atoms with E-state index >= 15 is 0 Å². The van der Waals surface area contributed by atoms with Crippen molar-refractivity contribution in [2.75, 3.05) is 0 Å². The maximum atomic E-state index is 10.4. The number of rotatable bonds is 3. The molecule has 2 aromatic heterocycles. The molecule has 19 heavy (non-hydrogen) atoms. The summed E-state index contributed by atoms with van der Waals surface area (Å²) in [5.41, 5.74) is 2.72. The van der Waals surface area contributed by atoms with E-state index in [2.05, 4.69) is 4.98 Å². The lowest BCUT2D eigenvalue weighted by Gasteiger charge is -2.09. The maximum Gasteiger partial charge on any atom is 0.153 e. The van der Waals surface area contributed by atoms with Crippen molar-refractivity contribution in [3.8, 4) is 0 Å². The molecule has 0 radical (unpaired) electrons. The molecule has 0 saturated heterocycles. The van der Waals surface area contributed by atoms with E-state index in [-0.39, 0.29) is 0 Å². The topological polar surface area (TPSA) is 51.2 Å². The van der Waals surface area contributed by atoms with E-state index in [9.17, 15) is 5.11 Å². The Balaban J connectivity index is 2.04. The summed E-state index contributed by atoms with van der Waals surface area (Å²) in [4.78, 5) is 4.07. The van der Waals surface area contributed by atoms with Gasteiger partial charge in [-0.1, -0.05) is 11.6 Å². The van der Waals surface area contributed by atoms with Crippen LogP contribution in [0.2, 0.25) is 0 Å². The second kappa shape index (κ2) is 4.55. The zero-order chi connectivity index (χ0) is 13.4. The van der Waals surface area contributed by atoms with Gasteiger partial charge in [0.2, 0.25) is 0 Å². The molecule has 0 aliphatic carbocycles. The molecule has 4 heteroatoms. The largest absolute Gasteiger partial charge is 0.458 e. The quantitative estimate of drug-likeness (QED) is 0.783. The molecular weight excluding hydrogens is 240 g/mol. The van der Waals surface area contributed by atoms with Crippen LogP contribution < -0.4 is 0 Å². The summed E-state index contributed by atoms with van der Waals surface area (Å²) in [6, 6.07) is 7.86. The minimum Gasteiger partial charge on any atom is -0.458 e. The van der Waals surface area contributed by atoms with E-state index < -0.39 is 6.10 Å². The van der Waals surface area contributed by atoms with Gasteiger partial charge in [-0.3, -0.25) is 0 Å². The molecule has 4 nitrogen and oxygen atoms in total. The highest BCUT2D eigenvalue weighted by Crippen LogP contribution is 2.28. The van der Waals surface area contributed by atoms with Crippen LogP contribution in [-0.2, 0) is 6.54 Å². The van der Waals surface area contributed by atoms with Gasteiger partial charge < -0.3 is 14.1 Å². The number of aliphatic hydroxyl groups excluding tert-OH is 1. The van der Waals surface area contributed by atoms with Crippen molar-refractivity contribution in [3.63, 3.8) is 0 Å². The van der Waals surface area contributed by atoms with E-state index in [1.165, 1.54) is 5.56 Å². The SMILES string of the molecule is CCn1cncc1C(O)c1cc2cc(C)ccc2o1. The lowest BCUT2D eigenvalue weighted by molar-refractivity contribution is 0.183. The molecule has 1 atom stereocenters. The van der Waals surface area contributed by atoms with Gasteiger partial charge in [-0.05, 0) is 32.0 Å². The van der Waals surface area contributed by atoms with Crippen LogP contribution in [0.3, 0.4) is 0 Å². The van der Waals surface area contributed by atoms with Gasteiger partial charge in [0.25, 0.3) is 0 Å². The van der Waals surface area contributed by atoms with Crippen molar-refractivity contribution in [2.24, 2.45) is 0 Å². The smallest absolute Gasteiger partial charge is 0.153 e. The summed E-state index contributed by atoms with van der Waals surface area (Å²) in [6.45, 7) is 4.82. The van der Waals surface area contributed by atoms with Gasteiger partial charge in [0, 0.05) is 11.9 Å². The predicted molar refractivity (Wildman–Crippen MR) is 72.9 cm³/mol. The van der Waals surface area contributed by atoms with Gasteiger partial charge in [0.1, 0.15) is 11.3 Å². The van der Waals surface area contributed by atoms with Crippen molar-refractivity contribution in [2.45, 2.75) is 26.5 Å². The van der Waals surface area contributed by atoms with Crippen LogP contribution in [0.25, 0.3) is 11.0 Å². The molecule has 0 spiro atoms. The normalized spacial score (nSPS) is 13.0. The molecule has 0 saturated carbocycles. The third kappa shape index (κ3) is 2.04. The van der Waals surface area contributed by atoms with Gasteiger partial charge in [0.05, 0.1) is 18.2 Å². The van der Waals surface area contributed by atoms with Crippen LogP contribution in [0.15, 0.2) is 41.2 Å². The van der Waals surface area contributed by atoms with Gasteiger partial charge >= 0.3 is 0 Å². The first-order chi connectivity index (χ1) is 9.19. The van der Waals surface area contributed by atoms with Crippen molar-refractivity contribution >= 4 is 11.0 Å². The fourth-order valence-corrected chi connectivity index (χ4v) is 2.29. The number of aliphatic hydroxyl groups is 1. The summed E-state index contributed by atoms with van der Waals surface area (Å²) in [5.74, 6) is 0.552. The number of fused-ring (bicyclic) bond motifs is 1. The Morgan fingerprint density at radius 3 is 3.00 bits per heavy atom. The molecule has 3 rings (SSSR count). The summed E-state index contributed by atoms with van der Waals surface area (Å²) in [5, 5.41) is 11.4. The van der Waals surface area contributed by atoms with Gasteiger partial charge in [-0.25, -0.2) is 4.98 Å². The molecule has 2 heterocycles. The van der Waals surface area contributed by atoms with E-state index in [0.717, 1.165) is 23.2 Å². The average Bonchev–Trinajstić information content (AvgIpc) is 3.03. The highest BCUT2D eigenvalue weighted by Gasteiger charge is 2.19. The Morgan fingerprint density at radius 2 is 2.21 bits per heavy atom. The third-order valence-electron chi connectivity index (χ3n) is 3.33. The number of aryl methyl sites for hydroxylation is 2. The zero-order valence-corrected chi connectivity index (χ0v) is 11.0. The highest BCUT2D eigenvalue weighted by atomic mass is 16.4. The Bertz CT molecular complexity index is 712. The number of aromatic nitrogens is 2. The summed E-state index contributed by atoms with van der Waals surface area (Å²) >= 11 is 0. The molecule has 0 amide bonds. The first kappa shape index (κ1) is 12.0.